The van der Waals surface area contributed by atoms with Crippen molar-refractivity contribution in [3.63, 3.8) is 0 Å². The Hall–Kier alpha value is -3.55. The molecule has 1 aliphatic rings. The topological polar surface area (TPSA) is 143 Å². The van der Waals surface area contributed by atoms with Gasteiger partial charge in [0.1, 0.15) is 11.9 Å². The Bertz CT molecular complexity index is 985. The monoisotopic (exact) mass is 409 g/mol. The summed E-state index contributed by atoms with van der Waals surface area (Å²) in [5.74, 6) is 0.345. The van der Waals surface area contributed by atoms with Gasteiger partial charge in [0.05, 0.1) is 6.61 Å². The number of carbonyl (C=O) groups excluding carboxylic acids is 1. The molecule has 0 saturated carbocycles. The molecule has 30 heavy (non-hydrogen) atoms. The van der Waals surface area contributed by atoms with Gasteiger partial charge < -0.3 is 20.3 Å². The van der Waals surface area contributed by atoms with Crippen LogP contribution in [0.2, 0.25) is 0 Å². The zero-order valence-corrected chi connectivity index (χ0v) is 16.6. The van der Waals surface area contributed by atoms with Crippen LogP contribution in [0, 0.1) is 0 Å². The lowest BCUT2D eigenvalue weighted by Crippen LogP contribution is -2.50. The van der Waals surface area contributed by atoms with Crippen molar-refractivity contribution in [2.45, 2.75) is 31.4 Å². The Kier molecular flexibility index (Phi) is 6.56. The van der Waals surface area contributed by atoms with Gasteiger partial charge in [0, 0.05) is 35.6 Å². The molecule has 0 aliphatic carbocycles. The second kappa shape index (κ2) is 9.30. The highest BCUT2D eigenvalue weighted by Crippen LogP contribution is 2.34. The van der Waals surface area contributed by atoms with Gasteiger partial charge in [-0.15, -0.1) is 0 Å². The lowest BCUT2D eigenvalue weighted by atomic mass is 9.86. The molecule has 1 aliphatic heterocycles. The predicted octanol–water partition coefficient (Wildman–Crippen LogP) is 3.02. The summed E-state index contributed by atoms with van der Waals surface area (Å²) in [5.41, 5.74) is 15.0. The number of hydrogen-bond donors (Lipinski definition) is 2. The van der Waals surface area contributed by atoms with Crippen molar-refractivity contribution in [1.82, 2.24) is 0 Å². The van der Waals surface area contributed by atoms with E-state index in [1.54, 1.807) is 55.5 Å². The number of nitrogens with two attached hydrogens (primary N) is 1. The van der Waals surface area contributed by atoms with Gasteiger partial charge in [-0.25, -0.2) is 4.99 Å². The SMILES string of the molecule is C[C@H]1OC(c2ccc(OCCCO)cc2)=N[C@@]1(Cc1ccccc1N=[N+]=[N-])C(N)=O. The predicted molar refractivity (Wildman–Crippen MR) is 112 cm³/mol. The highest BCUT2D eigenvalue weighted by Gasteiger charge is 2.49. The first-order valence-electron chi connectivity index (χ1n) is 9.53. The van der Waals surface area contributed by atoms with Crippen molar-refractivity contribution < 1.29 is 19.4 Å². The molecule has 2 aromatic rings. The molecule has 2 aromatic carbocycles. The highest BCUT2D eigenvalue weighted by atomic mass is 16.5. The summed E-state index contributed by atoms with van der Waals surface area (Å²) in [6.45, 7) is 2.22. The van der Waals surface area contributed by atoms with Gasteiger partial charge in [-0.2, -0.15) is 0 Å². The number of azide groups is 1. The number of rotatable bonds is 9. The number of amides is 1. The van der Waals surface area contributed by atoms with Crippen molar-refractivity contribution in [2.75, 3.05) is 13.2 Å². The average Bonchev–Trinajstić information content (AvgIpc) is 3.08. The number of aliphatic imine (C=N–C) groups is 1. The van der Waals surface area contributed by atoms with Gasteiger partial charge >= 0.3 is 0 Å². The number of primary amides is 1. The summed E-state index contributed by atoms with van der Waals surface area (Å²) < 4.78 is 11.4. The normalized spacial score (nSPS) is 20.1. The van der Waals surface area contributed by atoms with Crippen LogP contribution in [0.3, 0.4) is 0 Å². The van der Waals surface area contributed by atoms with Gasteiger partial charge in [-0.3, -0.25) is 4.79 Å². The van der Waals surface area contributed by atoms with Crippen molar-refractivity contribution in [3.05, 3.63) is 70.1 Å². The van der Waals surface area contributed by atoms with Crippen LogP contribution in [0.5, 0.6) is 5.75 Å². The molecule has 9 nitrogen and oxygen atoms in total. The van der Waals surface area contributed by atoms with Gasteiger partial charge in [-0.1, -0.05) is 29.4 Å². The molecule has 3 rings (SSSR count). The van der Waals surface area contributed by atoms with Crippen LogP contribution in [0.25, 0.3) is 10.4 Å². The van der Waals surface area contributed by atoms with Crippen molar-refractivity contribution in [3.8, 4) is 5.75 Å². The zero-order valence-electron chi connectivity index (χ0n) is 16.6. The number of hydrogen-bond acceptors (Lipinski definition) is 6. The number of aliphatic hydroxyl groups excluding tert-OH is 1. The first-order chi connectivity index (χ1) is 14.5. The van der Waals surface area contributed by atoms with Crippen LogP contribution < -0.4 is 10.5 Å². The number of nitrogens with zero attached hydrogens (tertiary/aromatic N) is 4. The maximum atomic E-state index is 12.5. The smallest absolute Gasteiger partial charge is 0.249 e. The van der Waals surface area contributed by atoms with E-state index in [1.807, 2.05) is 0 Å². The molecule has 0 fully saturated rings. The fraction of sp³-hybridized carbons (Fsp3) is 0.333. The summed E-state index contributed by atoms with van der Waals surface area (Å²) in [6.07, 6.45) is 0.0857. The minimum atomic E-state index is -1.33. The molecule has 1 amide bonds. The highest BCUT2D eigenvalue weighted by molar-refractivity contribution is 6.00. The Balaban J connectivity index is 1.89. The maximum absolute atomic E-state index is 12.5. The van der Waals surface area contributed by atoms with Crippen LogP contribution in [0.15, 0.2) is 58.6 Å². The lowest BCUT2D eigenvalue weighted by Gasteiger charge is -2.26. The van der Waals surface area contributed by atoms with E-state index < -0.39 is 17.6 Å². The van der Waals surface area contributed by atoms with Gasteiger partial charge in [0.25, 0.3) is 0 Å². The summed E-state index contributed by atoms with van der Waals surface area (Å²) in [5, 5.41) is 12.5. The quantitative estimate of drug-likeness (QED) is 0.284. The van der Waals surface area contributed by atoms with Gasteiger partial charge in [-0.05, 0) is 42.3 Å². The molecular weight excluding hydrogens is 386 g/mol. The molecule has 0 saturated heterocycles. The molecule has 0 spiro atoms. The second-order valence-electron chi connectivity index (χ2n) is 6.91. The van der Waals surface area contributed by atoms with Crippen LogP contribution in [0.4, 0.5) is 5.69 Å². The minimum Gasteiger partial charge on any atom is -0.494 e. The van der Waals surface area contributed by atoms with Crippen LogP contribution in [-0.4, -0.2) is 41.8 Å². The van der Waals surface area contributed by atoms with Gasteiger partial charge in [0.15, 0.2) is 5.54 Å². The van der Waals surface area contributed by atoms with Crippen LogP contribution in [0.1, 0.15) is 24.5 Å². The van der Waals surface area contributed by atoms with E-state index in [0.717, 1.165) is 0 Å². The lowest BCUT2D eigenvalue weighted by molar-refractivity contribution is -0.125. The molecule has 2 atom stereocenters. The first kappa shape index (κ1) is 21.2. The third-order valence-electron chi connectivity index (χ3n) is 4.97. The van der Waals surface area contributed by atoms with E-state index in [1.165, 1.54) is 0 Å². The molecule has 0 radical (unpaired) electrons. The molecule has 0 unspecified atom stereocenters. The van der Waals surface area contributed by atoms with E-state index in [0.29, 0.717) is 41.5 Å². The van der Waals surface area contributed by atoms with Crippen molar-refractivity contribution in [1.29, 1.82) is 0 Å². The number of aliphatic hydroxyl groups is 1. The third kappa shape index (κ3) is 4.37. The standard InChI is InChI=1S/C21H23N5O4/c1-14-21(20(22)28,13-16-5-2-3-6-18(16)25-26-23)24-19(30-14)15-7-9-17(10-8-15)29-12-4-11-27/h2-3,5-10,14,27H,4,11-13H2,1H3,(H2,22,28)/t14-,21-/m1/s1. The Morgan fingerprint density at radius 2 is 2.07 bits per heavy atom. The van der Waals surface area contributed by atoms with Crippen molar-refractivity contribution >= 4 is 17.5 Å². The number of benzene rings is 2. The largest absolute Gasteiger partial charge is 0.494 e. The molecule has 9 heteroatoms. The summed E-state index contributed by atoms with van der Waals surface area (Å²) in [4.78, 5) is 19.9. The molecule has 0 bridgehead atoms. The average molecular weight is 409 g/mol. The summed E-state index contributed by atoms with van der Waals surface area (Å²) >= 11 is 0. The van der Waals surface area contributed by atoms with Crippen LogP contribution >= 0.6 is 0 Å². The van der Waals surface area contributed by atoms with E-state index in [2.05, 4.69) is 15.0 Å². The third-order valence-corrected chi connectivity index (χ3v) is 4.97. The van der Waals surface area contributed by atoms with E-state index in [9.17, 15) is 4.79 Å². The van der Waals surface area contributed by atoms with E-state index >= 15 is 0 Å². The van der Waals surface area contributed by atoms with Crippen molar-refractivity contribution in [2.24, 2.45) is 15.8 Å². The van der Waals surface area contributed by atoms with E-state index in [4.69, 9.17) is 25.8 Å². The number of ether oxygens (including phenoxy) is 2. The van der Waals surface area contributed by atoms with E-state index in [-0.39, 0.29) is 13.0 Å². The number of carbonyl (C=O) groups is 1. The molecule has 1 heterocycles. The fourth-order valence-electron chi connectivity index (χ4n) is 3.27. The molecular formula is C21H23N5O4. The molecule has 3 N–H and O–H groups in total. The van der Waals surface area contributed by atoms with Gasteiger partial charge in [0.2, 0.25) is 11.8 Å². The summed E-state index contributed by atoms with van der Waals surface area (Å²) in [6, 6.07) is 14.1. The summed E-state index contributed by atoms with van der Waals surface area (Å²) in [7, 11) is 0. The second-order valence-corrected chi connectivity index (χ2v) is 6.91. The minimum absolute atomic E-state index is 0.0681. The molecule has 156 valence electrons. The maximum Gasteiger partial charge on any atom is 0.249 e. The Morgan fingerprint density at radius 3 is 2.73 bits per heavy atom. The van der Waals surface area contributed by atoms with Crippen LogP contribution in [-0.2, 0) is 16.0 Å². The Morgan fingerprint density at radius 1 is 1.33 bits per heavy atom. The first-order valence-corrected chi connectivity index (χ1v) is 9.53. The Labute approximate surface area is 173 Å². The molecule has 0 aromatic heterocycles. The zero-order chi connectivity index (χ0) is 21.6. The fourth-order valence-corrected chi connectivity index (χ4v) is 3.27.